The number of aliphatic imine (C=N–C) groups is 1. The molecule has 3 aromatic rings. The maximum atomic E-state index is 15.2. The zero-order valence-corrected chi connectivity index (χ0v) is 60.7. The number of hydrogen-bond donors (Lipinski definition) is 21. The number of carbonyl (C=O) groups excluding carboxylic acids is 11. The van der Waals surface area contributed by atoms with Crippen molar-refractivity contribution in [2.24, 2.45) is 51.2 Å². The summed E-state index contributed by atoms with van der Waals surface area (Å²) in [7, 11) is 0. The minimum Gasteiger partial charge on any atom is -0.481 e. The summed E-state index contributed by atoms with van der Waals surface area (Å²) in [6, 6.07) is -8.66. The van der Waals surface area contributed by atoms with Gasteiger partial charge in [-0.15, -0.1) is 0 Å². The molecule has 1 aliphatic heterocycles. The van der Waals surface area contributed by atoms with Crippen LogP contribution in [-0.4, -0.2) is 235 Å². The first-order valence-corrected chi connectivity index (χ1v) is 35.9. The Balaban J connectivity index is 1.62. The molecule has 27 N–H and O–H groups in total. The van der Waals surface area contributed by atoms with Crippen molar-refractivity contribution in [1.82, 2.24) is 78.0 Å². The number of rotatable bonds is 50. The number of imidazole rings is 2. The lowest BCUT2D eigenvalue weighted by molar-refractivity contribution is -0.144. The van der Waals surface area contributed by atoms with E-state index >= 15 is 4.79 Å². The number of hydrogen-bond acceptors (Lipinski definition) is 21. The van der Waals surface area contributed by atoms with Crippen LogP contribution in [0.3, 0.4) is 0 Å². The Morgan fingerprint density at radius 3 is 1.48 bits per heavy atom. The standard InChI is InChI=1S/C68H110N22O16/c1-5-39(4)55(67(105)106)89-65(103)54(38(2)3)88-62(100)49(32-53(92)93)84-61(99)47(30-41-33-75-36-78-41)83-57(95)44(20-10-13-25-70)81-60(98)48(31-42-34-76-37-79-42)85-64(102)52-23-16-28-90(52)66(104)50(29-40-17-7-6-8-18-40)86-58(96)45(21-11-14-26-71)82-63(101)51(35-91)87-59(97)46(22-15-27-77-68(73)74)80-56(94)43(72)19-9-12-24-69/h6-8,17-18,33-34,36-39,43-52,54-55,91H,5,9-16,19-32,35,69-72H2,1-4H3,(H,75,78)(H,76,79)(H,80,94)(H,81,98)(H,82,101)(H,83,95)(H,84,99)(H,85,102)(H,86,96)(H,87,97)(H,88,100)(H,89,103)(H,92,93)(H,105,106)(H4,73,74,77)/t39-,43-,44-,45-,46-,47-,48-,49-,50-,51-,52-,54-,55-/m0/s1. The highest BCUT2D eigenvalue weighted by Gasteiger charge is 2.42. The van der Waals surface area contributed by atoms with Gasteiger partial charge in [0, 0.05) is 56.1 Å². The molecule has 0 radical (unpaired) electrons. The summed E-state index contributed by atoms with van der Waals surface area (Å²) in [6.07, 6.45) is 7.07. The molecule has 11 amide bonds. The molecule has 0 spiro atoms. The average Bonchev–Trinajstić information content (AvgIpc) is 1.55. The molecule has 4 rings (SSSR count). The van der Waals surface area contributed by atoms with Crippen molar-refractivity contribution in [3.8, 4) is 0 Å². The number of aromatic nitrogens is 4. The number of aliphatic hydroxyl groups is 1. The molecule has 588 valence electrons. The largest absolute Gasteiger partial charge is 0.481 e. The van der Waals surface area contributed by atoms with Gasteiger partial charge in [0.1, 0.15) is 66.5 Å². The number of nitrogens with zero attached hydrogens (tertiary/aromatic N) is 4. The zero-order valence-electron chi connectivity index (χ0n) is 60.7. The zero-order chi connectivity index (χ0) is 78.4. The van der Waals surface area contributed by atoms with Gasteiger partial charge in [-0.25, -0.2) is 14.8 Å². The van der Waals surface area contributed by atoms with Crippen LogP contribution in [0.15, 0.2) is 60.4 Å². The van der Waals surface area contributed by atoms with Crippen LogP contribution in [0.25, 0.3) is 0 Å². The lowest BCUT2D eigenvalue weighted by Crippen LogP contribution is -2.61. The predicted octanol–water partition coefficient (Wildman–Crippen LogP) is -4.98. The summed E-state index contributed by atoms with van der Waals surface area (Å²) >= 11 is 0. The van der Waals surface area contributed by atoms with Gasteiger partial charge in [-0.05, 0) is 114 Å². The van der Waals surface area contributed by atoms with E-state index in [2.05, 4.69) is 78.1 Å². The third-order valence-corrected chi connectivity index (χ3v) is 17.9. The van der Waals surface area contributed by atoms with Crippen LogP contribution in [0.5, 0.6) is 0 Å². The Labute approximate surface area is 615 Å². The van der Waals surface area contributed by atoms with Crippen LogP contribution in [0.2, 0.25) is 0 Å². The number of aromatic amines is 2. The lowest BCUT2D eigenvalue weighted by Gasteiger charge is -2.31. The average molecular weight is 1490 g/mol. The quantitative estimate of drug-likeness (QED) is 0.0143. The van der Waals surface area contributed by atoms with Crippen molar-refractivity contribution >= 4 is 82.9 Å². The van der Waals surface area contributed by atoms with Gasteiger partial charge in [-0.3, -0.25) is 62.5 Å². The van der Waals surface area contributed by atoms with Gasteiger partial charge < -0.3 is 118 Å². The van der Waals surface area contributed by atoms with Crippen molar-refractivity contribution in [1.29, 1.82) is 0 Å². The normalized spacial score (nSPS) is 16.1. The van der Waals surface area contributed by atoms with Crippen molar-refractivity contribution < 1.29 is 77.6 Å². The van der Waals surface area contributed by atoms with Crippen molar-refractivity contribution in [3.63, 3.8) is 0 Å². The maximum Gasteiger partial charge on any atom is 0.326 e. The molecular weight excluding hydrogens is 1380 g/mol. The lowest BCUT2D eigenvalue weighted by atomic mass is 9.97. The van der Waals surface area contributed by atoms with Crippen LogP contribution >= 0.6 is 0 Å². The number of unbranched alkanes of at least 4 members (excludes halogenated alkanes) is 3. The summed E-state index contributed by atoms with van der Waals surface area (Å²) in [5, 5.41) is 56.1. The smallest absolute Gasteiger partial charge is 0.326 e. The van der Waals surface area contributed by atoms with E-state index in [1.807, 2.05) is 0 Å². The fourth-order valence-corrected chi connectivity index (χ4v) is 11.6. The number of aliphatic hydroxyl groups excluding tert-OH is 1. The minimum atomic E-state index is -1.87. The first-order chi connectivity index (χ1) is 50.5. The minimum absolute atomic E-state index is 0.00150. The Hall–Kier alpha value is -10.2. The van der Waals surface area contributed by atoms with Gasteiger partial charge >= 0.3 is 11.9 Å². The van der Waals surface area contributed by atoms with Crippen molar-refractivity contribution in [2.75, 3.05) is 39.3 Å². The molecule has 38 heteroatoms. The van der Waals surface area contributed by atoms with E-state index in [0.29, 0.717) is 49.9 Å². The Bertz CT molecular complexity index is 3340. The second kappa shape index (κ2) is 46.6. The summed E-state index contributed by atoms with van der Waals surface area (Å²) < 4.78 is 0. The Morgan fingerprint density at radius 2 is 1.00 bits per heavy atom. The maximum absolute atomic E-state index is 15.2. The summed E-state index contributed by atoms with van der Waals surface area (Å²) in [6.45, 7) is 6.32. The van der Waals surface area contributed by atoms with E-state index in [4.69, 9.17) is 34.4 Å². The summed E-state index contributed by atoms with van der Waals surface area (Å²) in [5.41, 5.74) is 35.6. The molecule has 106 heavy (non-hydrogen) atoms. The second-order valence-electron chi connectivity index (χ2n) is 26.6. The van der Waals surface area contributed by atoms with E-state index in [-0.39, 0.29) is 115 Å². The first kappa shape index (κ1) is 88.2. The van der Waals surface area contributed by atoms with Crippen LogP contribution in [0, 0.1) is 11.8 Å². The predicted molar refractivity (Wildman–Crippen MR) is 387 cm³/mol. The molecule has 3 heterocycles. The molecule has 1 saturated heterocycles. The van der Waals surface area contributed by atoms with E-state index in [9.17, 15) is 72.9 Å². The van der Waals surface area contributed by atoms with Crippen LogP contribution in [0.1, 0.15) is 141 Å². The molecule has 38 nitrogen and oxygen atoms in total. The van der Waals surface area contributed by atoms with Gasteiger partial charge in [0.2, 0.25) is 65.0 Å². The van der Waals surface area contributed by atoms with Gasteiger partial charge in [-0.1, -0.05) is 70.9 Å². The fraction of sp³-hybridized carbons (Fsp3) is 0.618. The first-order valence-electron chi connectivity index (χ1n) is 35.9. The van der Waals surface area contributed by atoms with E-state index in [1.54, 1.807) is 58.0 Å². The Kier molecular flexibility index (Phi) is 38.8. The molecule has 13 atom stereocenters. The number of aliphatic carboxylic acids is 2. The molecule has 0 saturated carbocycles. The van der Waals surface area contributed by atoms with E-state index in [1.165, 1.54) is 29.9 Å². The third kappa shape index (κ3) is 30.1. The summed E-state index contributed by atoms with van der Waals surface area (Å²) in [5.74, 6) is -14.2. The van der Waals surface area contributed by atoms with Crippen LogP contribution in [0.4, 0.5) is 0 Å². The third-order valence-electron chi connectivity index (χ3n) is 17.9. The number of guanidine groups is 1. The molecule has 1 aromatic carbocycles. The second-order valence-corrected chi connectivity index (χ2v) is 26.6. The molecule has 2 aromatic heterocycles. The number of nitrogens with two attached hydrogens (primary N) is 6. The van der Waals surface area contributed by atoms with Crippen molar-refractivity contribution in [2.45, 2.75) is 216 Å². The number of carboxylic acid groups (broad SMARTS) is 2. The Morgan fingerprint density at radius 1 is 0.547 bits per heavy atom. The van der Waals surface area contributed by atoms with Gasteiger partial charge in [0.05, 0.1) is 31.7 Å². The molecule has 0 unspecified atom stereocenters. The van der Waals surface area contributed by atoms with Gasteiger partial charge in [0.25, 0.3) is 0 Å². The summed E-state index contributed by atoms with van der Waals surface area (Å²) in [4.78, 5) is 201. The van der Waals surface area contributed by atoms with Crippen LogP contribution in [-0.2, 0) is 81.6 Å². The van der Waals surface area contributed by atoms with Gasteiger partial charge in [0.15, 0.2) is 5.96 Å². The number of amides is 11. The molecule has 1 aliphatic rings. The fourth-order valence-electron chi connectivity index (χ4n) is 11.6. The van der Waals surface area contributed by atoms with E-state index in [0.717, 1.165) is 0 Å². The monoisotopic (exact) mass is 1490 g/mol. The van der Waals surface area contributed by atoms with E-state index < -0.39 is 174 Å². The topological polar surface area (TPSA) is 632 Å². The van der Waals surface area contributed by atoms with Crippen LogP contribution < -0.4 is 87.6 Å². The number of carbonyl (C=O) groups is 13. The van der Waals surface area contributed by atoms with Gasteiger partial charge in [-0.2, -0.15) is 0 Å². The number of nitrogens with one attached hydrogen (secondary N) is 12. The number of benzene rings is 1. The number of likely N-dealkylation sites (tertiary alicyclic amines) is 1. The number of H-pyrrole nitrogens is 2. The SMILES string of the molecule is CC[C@H](C)[C@H](NC(=O)[C@@H](NC(=O)[C@H](CC(=O)O)NC(=O)[C@H](Cc1cnc[nH]1)NC(=O)[C@H](CCCCN)NC(=O)[C@H](Cc1cnc[nH]1)NC(=O)[C@@H]1CCCN1C(=O)[C@H](Cc1ccccc1)NC(=O)[C@H](CCCCN)NC(=O)[C@H](CO)NC(=O)[C@H](CCCN=C(N)N)NC(=O)[C@@H](N)CCCCN)C(C)C)C(=O)O. The number of carboxylic acids is 2. The molecule has 0 bridgehead atoms. The molecular formula is C68H110N22O16. The molecule has 1 fully saturated rings. The highest BCUT2D eigenvalue weighted by Crippen LogP contribution is 2.22. The highest BCUT2D eigenvalue weighted by molar-refractivity contribution is 6.00. The highest BCUT2D eigenvalue weighted by atomic mass is 16.4. The molecule has 0 aliphatic carbocycles. The van der Waals surface area contributed by atoms with Crippen molar-refractivity contribution in [3.05, 3.63) is 72.3 Å².